The first-order chi connectivity index (χ1) is 9.83. The number of carbonyl (C=O) groups is 1. The van der Waals surface area contributed by atoms with Crippen LogP contribution in [-0.2, 0) is 27.9 Å². The summed E-state index contributed by atoms with van der Waals surface area (Å²) >= 11 is 0. The number of piperazine rings is 1. The van der Waals surface area contributed by atoms with Gasteiger partial charge in [0, 0.05) is 26.2 Å². The lowest BCUT2D eigenvalue weighted by Crippen LogP contribution is -2.63. The van der Waals surface area contributed by atoms with E-state index in [4.69, 9.17) is 0 Å². The van der Waals surface area contributed by atoms with Gasteiger partial charge in [0.1, 0.15) is 5.54 Å². The predicted molar refractivity (Wildman–Crippen MR) is 78.0 cm³/mol. The Hall–Kier alpha value is -1.44. The van der Waals surface area contributed by atoms with Crippen LogP contribution in [0, 0.1) is 0 Å². The van der Waals surface area contributed by atoms with Gasteiger partial charge in [-0.25, -0.2) is 8.42 Å². The number of benzene rings is 1. The third-order valence-corrected chi connectivity index (χ3v) is 6.25. The highest BCUT2D eigenvalue weighted by molar-refractivity contribution is 7.89. The summed E-state index contributed by atoms with van der Waals surface area (Å²) in [6.45, 7) is 5.35. The van der Waals surface area contributed by atoms with Gasteiger partial charge in [-0.1, -0.05) is 6.07 Å². The molecule has 0 unspecified atom stereocenters. The van der Waals surface area contributed by atoms with Crippen molar-refractivity contribution in [3.63, 3.8) is 0 Å². The summed E-state index contributed by atoms with van der Waals surface area (Å²) in [4.78, 5) is 12.2. The Bertz CT molecular complexity index is 697. The van der Waals surface area contributed by atoms with E-state index in [9.17, 15) is 13.2 Å². The van der Waals surface area contributed by atoms with Crippen LogP contribution in [0.5, 0.6) is 0 Å². The molecule has 3 rings (SSSR count). The number of nitrogens with zero attached hydrogens (tertiary/aromatic N) is 1. The van der Waals surface area contributed by atoms with Crippen molar-refractivity contribution < 1.29 is 13.2 Å². The van der Waals surface area contributed by atoms with Crippen molar-refractivity contribution >= 4 is 15.9 Å². The first kappa shape index (κ1) is 14.5. The highest BCUT2D eigenvalue weighted by Gasteiger charge is 2.44. The molecule has 21 heavy (non-hydrogen) atoms. The molecule has 0 spiro atoms. The number of hydrogen-bond acceptors (Lipinski definition) is 4. The van der Waals surface area contributed by atoms with Crippen molar-refractivity contribution in [1.82, 2.24) is 14.9 Å². The van der Waals surface area contributed by atoms with Gasteiger partial charge in [-0.2, -0.15) is 4.31 Å². The van der Waals surface area contributed by atoms with Gasteiger partial charge in [0.2, 0.25) is 15.9 Å². The first-order valence-corrected chi connectivity index (χ1v) is 8.41. The number of amides is 1. The van der Waals surface area contributed by atoms with Gasteiger partial charge in [-0.05, 0) is 37.1 Å². The molecule has 2 aliphatic heterocycles. The van der Waals surface area contributed by atoms with Crippen LogP contribution in [-0.4, -0.2) is 37.3 Å². The molecule has 1 aromatic carbocycles. The zero-order valence-corrected chi connectivity index (χ0v) is 13.0. The average molecular weight is 309 g/mol. The molecule has 2 heterocycles. The van der Waals surface area contributed by atoms with E-state index < -0.39 is 15.6 Å². The Labute approximate surface area is 124 Å². The maximum Gasteiger partial charge on any atom is 0.244 e. The minimum Gasteiger partial charge on any atom is -0.353 e. The monoisotopic (exact) mass is 309 g/mol. The van der Waals surface area contributed by atoms with Crippen molar-refractivity contribution in [2.45, 2.75) is 37.4 Å². The molecule has 0 atom stereocenters. The SMILES string of the molecule is CC1(C)C(=O)NCCN1S(=O)(=O)c1ccc2c(c1)CNC2. The minimum absolute atomic E-state index is 0.257. The number of rotatable bonds is 2. The fourth-order valence-electron chi connectivity index (χ4n) is 2.86. The van der Waals surface area contributed by atoms with E-state index in [1.807, 2.05) is 6.07 Å². The van der Waals surface area contributed by atoms with Crippen LogP contribution < -0.4 is 10.6 Å². The summed E-state index contributed by atoms with van der Waals surface area (Å²) in [6, 6.07) is 5.19. The molecule has 1 fully saturated rings. The minimum atomic E-state index is -3.68. The van der Waals surface area contributed by atoms with Gasteiger partial charge in [0.15, 0.2) is 0 Å². The summed E-state index contributed by atoms with van der Waals surface area (Å²) in [6.07, 6.45) is 0. The van der Waals surface area contributed by atoms with E-state index in [0.717, 1.165) is 17.7 Å². The van der Waals surface area contributed by atoms with Gasteiger partial charge in [-0.3, -0.25) is 4.79 Å². The van der Waals surface area contributed by atoms with Crippen LogP contribution in [0.1, 0.15) is 25.0 Å². The largest absolute Gasteiger partial charge is 0.353 e. The lowest BCUT2D eigenvalue weighted by atomic mass is 10.0. The first-order valence-electron chi connectivity index (χ1n) is 6.97. The maximum atomic E-state index is 12.9. The number of sulfonamides is 1. The molecule has 2 N–H and O–H groups in total. The molecule has 6 nitrogen and oxygen atoms in total. The van der Waals surface area contributed by atoms with E-state index in [-0.39, 0.29) is 17.3 Å². The number of carbonyl (C=O) groups excluding carboxylic acids is 1. The van der Waals surface area contributed by atoms with Crippen molar-refractivity contribution in [1.29, 1.82) is 0 Å². The predicted octanol–water partition coefficient (Wildman–Crippen LogP) is 0.189. The summed E-state index contributed by atoms with van der Waals surface area (Å²) in [5.41, 5.74) is 1.06. The molecule has 0 aliphatic carbocycles. The Morgan fingerprint density at radius 2 is 1.90 bits per heavy atom. The molecule has 1 aromatic rings. The van der Waals surface area contributed by atoms with Crippen LogP contribution in [0.3, 0.4) is 0 Å². The number of fused-ring (bicyclic) bond motifs is 1. The number of nitrogens with one attached hydrogen (secondary N) is 2. The third-order valence-electron chi connectivity index (χ3n) is 4.18. The highest BCUT2D eigenvalue weighted by atomic mass is 32.2. The van der Waals surface area contributed by atoms with E-state index in [1.54, 1.807) is 26.0 Å². The highest BCUT2D eigenvalue weighted by Crippen LogP contribution is 2.28. The zero-order chi connectivity index (χ0) is 15.3. The van der Waals surface area contributed by atoms with Gasteiger partial charge in [0.05, 0.1) is 4.90 Å². The molecular formula is C14H19N3O3S. The normalized spacial score (nSPS) is 21.9. The van der Waals surface area contributed by atoms with Gasteiger partial charge in [-0.15, -0.1) is 0 Å². The van der Waals surface area contributed by atoms with Gasteiger partial charge >= 0.3 is 0 Å². The standard InChI is InChI=1S/C14H19N3O3S/c1-14(2)13(18)16-5-6-17(14)21(19,20)12-4-3-10-8-15-9-11(10)7-12/h3-4,7,15H,5-6,8-9H2,1-2H3,(H,16,18). The second kappa shape index (κ2) is 4.79. The lowest BCUT2D eigenvalue weighted by Gasteiger charge is -2.39. The Balaban J connectivity index is 2.02. The Morgan fingerprint density at radius 3 is 2.67 bits per heavy atom. The van der Waals surface area contributed by atoms with E-state index >= 15 is 0 Å². The van der Waals surface area contributed by atoms with Gasteiger partial charge < -0.3 is 10.6 Å². The molecule has 7 heteroatoms. The van der Waals surface area contributed by atoms with Gasteiger partial charge in [0.25, 0.3) is 0 Å². The second-order valence-electron chi connectivity index (χ2n) is 5.93. The second-order valence-corrected chi connectivity index (χ2v) is 7.79. The summed E-state index contributed by atoms with van der Waals surface area (Å²) < 4.78 is 27.0. The molecule has 2 aliphatic rings. The van der Waals surface area contributed by atoms with Crippen molar-refractivity contribution in [3.8, 4) is 0 Å². The molecule has 1 amide bonds. The summed E-state index contributed by atoms with van der Waals surface area (Å²) in [5.74, 6) is -0.264. The van der Waals surface area contributed by atoms with Crippen molar-refractivity contribution in [2.75, 3.05) is 13.1 Å². The van der Waals surface area contributed by atoms with Crippen molar-refractivity contribution in [2.24, 2.45) is 0 Å². The molecule has 0 saturated carbocycles. The zero-order valence-electron chi connectivity index (χ0n) is 12.1. The average Bonchev–Trinajstić information content (AvgIpc) is 2.88. The summed E-state index contributed by atoms with van der Waals surface area (Å²) in [7, 11) is -3.68. The Morgan fingerprint density at radius 1 is 1.19 bits per heavy atom. The lowest BCUT2D eigenvalue weighted by molar-refractivity contribution is -0.131. The van der Waals surface area contributed by atoms with Crippen molar-refractivity contribution in [3.05, 3.63) is 29.3 Å². The van der Waals surface area contributed by atoms with E-state index in [1.165, 1.54) is 4.31 Å². The molecule has 114 valence electrons. The molecule has 0 aromatic heterocycles. The Kier molecular flexibility index (Phi) is 3.31. The van der Waals surface area contributed by atoms with Crippen LogP contribution >= 0.6 is 0 Å². The molecule has 0 radical (unpaired) electrons. The fraction of sp³-hybridized carbons (Fsp3) is 0.500. The van der Waals surface area contributed by atoms with E-state index in [0.29, 0.717) is 13.1 Å². The quantitative estimate of drug-likeness (QED) is 0.817. The van der Waals surface area contributed by atoms with Crippen LogP contribution in [0.15, 0.2) is 23.1 Å². The number of hydrogen-bond donors (Lipinski definition) is 2. The van der Waals surface area contributed by atoms with E-state index in [2.05, 4.69) is 10.6 Å². The summed E-state index contributed by atoms with van der Waals surface area (Å²) in [5, 5.41) is 5.91. The van der Waals surface area contributed by atoms with Crippen LogP contribution in [0.25, 0.3) is 0 Å². The van der Waals surface area contributed by atoms with Crippen LogP contribution in [0.4, 0.5) is 0 Å². The smallest absolute Gasteiger partial charge is 0.244 e. The molecule has 0 bridgehead atoms. The third kappa shape index (κ3) is 2.25. The van der Waals surface area contributed by atoms with Crippen LogP contribution in [0.2, 0.25) is 0 Å². The maximum absolute atomic E-state index is 12.9. The fourth-order valence-corrected chi connectivity index (χ4v) is 4.66. The molecule has 1 saturated heterocycles. The molecular weight excluding hydrogens is 290 g/mol. The topological polar surface area (TPSA) is 78.5 Å².